The number of carbonyl (C=O) groups is 4. The standard InChI is InChI=1S/C19H35N7O6S/c1-33-9-6-12(15(28)25-13(18(31)32)4-2-7-23-19(21)22)24-16(29)14-5-3-8-26(14)17(30)11(20)10-27/h11-14,27H,2-10,20H2,1H3,(H,24,29)(H,25,28)(H,31,32)(H4,21,22,23). The van der Waals surface area contributed by atoms with Crippen molar-refractivity contribution >= 4 is 41.4 Å². The molecule has 0 saturated carbocycles. The highest BCUT2D eigenvalue weighted by Crippen LogP contribution is 2.19. The summed E-state index contributed by atoms with van der Waals surface area (Å²) in [6.07, 6.45) is 3.53. The highest BCUT2D eigenvalue weighted by atomic mass is 32.2. The van der Waals surface area contributed by atoms with Gasteiger partial charge in [-0.1, -0.05) is 0 Å². The van der Waals surface area contributed by atoms with Crippen LogP contribution in [0, 0.1) is 0 Å². The van der Waals surface area contributed by atoms with Crippen LogP contribution in [-0.4, -0.2) is 101 Å². The van der Waals surface area contributed by atoms with Gasteiger partial charge >= 0.3 is 5.97 Å². The maximum absolute atomic E-state index is 12.9. The highest BCUT2D eigenvalue weighted by Gasteiger charge is 2.37. The lowest BCUT2D eigenvalue weighted by Crippen LogP contribution is -2.57. The summed E-state index contributed by atoms with van der Waals surface area (Å²) in [5.74, 6) is -2.46. The van der Waals surface area contributed by atoms with Crippen LogP contribution in [0.1, 0.15) is 32.1 Å². The van der Waals surface area contributed by atoms with E-state index in [-0.39, 0.29) is 25.3 Å². The summed E-state index contributed by atoms with van der Waals surface area (Å²) >= 11 is 1.47. The molecular formula is C19H35N7O6S. The quantitative estimate of drug-likeness (QED) is 0.0750. The van der Waals surface area contributed by atoms with Gasteiger partial charge in [-0.2, -0.15) is 11.8 Å². The molecule has 0 aromatic carbocycles. The van der Waals surface area contributed by atoms with E-state index in [0.717, 1.165) is 0 Å². The number of aliphatic hydroxyl groups excluding tert-OH is 1. The topological polar surface area (TPSA) is 226 Å². The maximum atomic E-state index is 12.9. The molecule has 3 amide bonds. The number of carboxylic acid groups (broad SMARTS) is 1. The molecule has 4 atom stereocenters. The summed E-state index contributed by atoms with van der Waals surface area (Å²) in [4.78, 5) is 54.7. The van der Waals surface area contributed by atoms with Crippen molar-refractivity contribution in [2.75, 3.05) is 31.7 Å². The predicted molar refractivity (Wildman–Crippen MR) is 124 cm³/mol. The first-order valence-corrected chi connectivity index (χ1v) is 12.1. The molecule has 0 spiro atoms. The fourth-order valence-electron chi connectivity index (χ4n) is 3.40. The molecule has 1 aliphatic rings. The van der Waals surface area contributed by atoms with Gasteiger partial charge in [0.25, 0.3) is 0 Å². The molecule has 0 aromatic rings. The van der Waals surface area contributed by atoms with Gasteiger partial charge in [0.15, 0.2) is 5.96 Å². The van der Waals surface area contributed by atoms with E-state index in [1.165, 1.54) is 16.7 Å². The van der Waals surface area contributed by atoms with Gasteiger partial charge in [0.2, 0.25) is 17.7 Å². The molecule has 0 aromatic heterocycles. The largest absolute Gasteiger partial charge is 0.480 e. The van der Waals surface area contributed by atoms with Gasteiger partial charge in [-0.3, -0.25) is 19.4 Å². The smallest absolute Gasteiger partial charge is 0.326 e. The number of guanidine groups is 1. The number of rotatable bonds is 14. The normalized spacial score (nSPS) is 18.2. The Kier molecular flexibility index (Phi) is 12.5. The van der Waals surface area contributed by atoms with Crippen molar-refractivity contribution in [2.45, 2.75) is 56.3 Å². The minimum atomic E-state index is -1.21. The molecule has 4 unspecified atom stereocenters. The Hall–Kier alpha value is -2.58. The number of carbonyl (C=O) groups excluding carboxylic acids is 3. The van der Waals surface area contributed by atoms with Crippen molar-refractivity contribution in [1.82, 2.24) is 15.5 Å². The third-order valence-corrected chi connectivity index (χ3v) is 5.80. The van der Waals surface area contributed by atoms with Crippen molar-refractivity contribution in [2.24, 2.45) is 22.2 Å². The second-order valence-corrected chi connectivity index (χ2v) is 8.66. The lowest BCUT2D eigenvalue weighted by molar-refractivity contribution is -0.143. The summed E-state index contributed by atoms with van der Waals surface area (Å²) in [7, 11) is 0. The second kappa shape index (κ2) is 14.5. The molecule has 1 saturated heterocycles. The summed E-state index contributed by atoms with van der Waals surface area (Å²) in [6, 6.07) is -4.08. The lowest BCUT2D eigenvalue weighted by Gasteiger charge is -2.28. The number of nitrogens with zero attached hydrogens (tertiary/aromatic N) is 2. The first kappa shape index (κ1) is 28.5. The van der Waals surface area contributed by atoms with Crippen LogP contribution in [0.3, 0.4) is 0 Å². The van der Waals surface area contributed by atoms with E-state index in [4.69, 9.17) is 22.3 Å². The molecule has 188 valence electrons. The van der Waals surface area contributed by atoms with Crippen LogP contribution in [-0.2, 0) is 19.2 Å². The van der Waals surface area contributed by atoms with E-state index in [1.54, 1.807) is 0 Å². The van der Waals surface area contributed by atoms with E-state index >= 15 is 0 Å². The minimum Gasteiger partial charge on any atom is -0.480 e. The first-order chi connectivity index (χ1) is 15.6. The number of aliphatic carboxylic acids is 1. The van der Waals surface area contributed by atoms with Crippen molar-refractivity contribution in [1.29, 1.82) is 0 Å². The molecule has 13 nitrogen and oxygen atoms in total. The van der Waals surface area contributed by atoms with Gasteiger partial charge in [0, 0.05) is 13.1 Å². The number of aliphatic hydroxyl groups is 1. The number of nitrogens with two attached hydrogens (primary N) is 3. The Morgan fingerprint density at radius 1 is 1.18 bits per heavy atom. The van der Waals surface area contributed by atoms with Crippen LogP contribution in [0.15, 0.2) is 4.99 Å². The zero-order valence-electron chi connectivity index (χ0n) is 18.7. The highest BCUT2D eigenvalue weighted by molar-refractivity contribution is 7.98. The molecule has 1 fully saturated rings. The van der Waals surface area contributed by atoms with Crippen LogP contribution in [0.5, 0.6) is 0 Å². The third kappa shape index (κ3) is 9.43. The van der Waals surface area contributed by atoms with Crippen LogP contribution in [0.4, 0.5) is 0 Å². The molecule has 0 radical (unpaired) electrons. The van der Waals surface area contributed by atoms with Gasteiger partial charge in [-0.15, -0.1) is 0 Å². The van der Waals surface area contributed by atoms with Crippen LogP contribution >= 0.6 is 11.8 Å². The SMILES string of the molecule is CSCCC(NC(=O)C1CCCN1C(=O)C(N)CO)C(=O)NC(CCCN=C(N)N)C(=O)O. The molecule has 33 heavy (non-hydrogen) atoms. The summed E-state index contributed by atoms with van der Waals surface area (Å²) < 4.78 is 0. The number of hydrogen-bond donors (Lipinski definition) is 7. The molecule has 0 bridgehead atoms. The Bertz CT molecular complexity index is 719. The fraction of sp³-hybridized carbons (Fsp3) is 0.737. The number of amides is 3. The van der Waals surface area contributed by atoms with E-state index in [9.17, 15) is 24.3 Å². The third-order valence-electron chi connectivity index (χ3n) is 5.16. The monoisotopic (exact) mass is 489 g/mol. The number of aliphatic imine (C=N–C) groups is 1. The van der Waals surface area contributed by atoms with Crippen LogP contribution in [0.25, 0.3) is 0 Å². The van der Waals surface area contributed by atoms with E-state index in [0.29, 0.717) is 31.6 Å². The van der Waals surface area contributed by atoms with Crippen molar-refractivity contribution in [3.8, 4) is 0 Å². The number of thioether (sulfide) groups is 1. The van der Waals surface area contributed by atoms with Crippen LogP contribution < -0.4 is 27.8 Å². The number of nitrogens with one attached hydrogen (secondary N) is 2. The number of carboxylic acids is 1. The van der Waals surface area contributed by atoms with E-state index in [1.807, 2.05) is 6.26 Å². The first-order valence-electron chi connectivity index (χ1n) is 10.7. The van der Waals surface area contributed by atoms with Gasteiger partial charge in [0.05, 0.1) is 6.61 Å². The Morgan fingerprint density at radius 3 is 2.45 bits per heavy atom. The van der Waals surface area contributed by atoms with Gasteiger partial charge < -0.3 is 42.9 Å². The molecule has 14 heteroatoms. The van der Waals surface area contributed by atoms with E-state index in [2.05, 4.69) is 15.6 Å². The van der Waals surface area contributed by atoms with Crippen molar-refractivity contribution in [3.63, 3.8) is 0 Å². The van der Waals surface area contributed by atoms with Gasteiger partial charge in [-0.05, 0) is 44.1 Å². The second-order valence-electron chi connectivity index (χ2n) is 7.67. The Morgan fingerprint density at radius 2 is 1.88 bits per heavy atom. The molecule has 0 aliphatic carbocycles. The molecular weight excluding hydrogens is 454 g/mol. The predicted octanol–water partition coefficient (Wildman–Crippen LogP) is -2.84. The summed E-state index contributed by atoms with van der Waals surface area (Å²) in [5.41, 5.74) is 16.1. The molecule has 1 rings (SSSR count). The molecule has 10 N–H and O–H groups in total. The Labute approximate surface area is 196 Å². The average Bonchev–Trinajstić information content (AvgIpc) is 3.26. The minimum absolute atomic E-state index is 0.102. The fourth-order valence-corrected chi connectivity index (χ4v) is 3.87. The summed E-state index contributed by atoms with van der Waals surface area (Å²) in [6.45, 7) is 0.00150. The number of hydrogen-bond acceptors (Lipinski definition) is 8. The lowest BCUT2D eigenvalue weighted by atomic mass is 10.1. The number of likely N-dealkylation sites (tertiary alicyclic amines) is 1. The molecule has 1 heterocycles. The average molecular weight is 490 g/mol. The zero-order chi connectivity index (χ0) is 25.0. The zero-order valence-corrected chi connectivity index (χ0v) is 19.6. The van der Waals surface area contributed by atoms with Crippen molar-refractivity contribution in [3.05, 3.63) is 0 Å². The Balaban J connectivity index is 2.83. The maximum Gasteiger partial charge on any atom is 0.326 e. The van der Waals surface area contributed by atoms with Crippen molar-refractivity contribution < 1.29 is 29.4 Å². The van der Waals surface area contributed by atoms with Crippen LogP contribution in [0.2, 0.25) is 0 Å². The summed E-state index contributed by atoms with van der Waals surface area (Å²) in [5, 5.41) is 23.7. The molecule has 1 aliphatic heterocycles. The van der Waals surface area contributed by atoms with Gasteiger partial charge in [0.1, 0.15) is 24.2 Å². The van der Waals surface area contributed by atoms with E-state index < -0.39 is 54.5 Å². The van der Waals surface area contributed by atoms with Gasteiger partial charge in [-0.25, -0.2) is 4.79 Å².